The number of rotatable bonds is 10. The van der Waals surface area contributed by atoms with Crippen molar-refractivity contribution < 1.29 is 4.74 Å². The highest BCUT2D eigenvalue weighted by Crippen LogP contribution is 2.34. The lowest BCUT2D eigenvalue weighted by molar-refractivity contribution is 0.204. The summed E-state index contributed by atoms with van der Waals surface area (Å²) in [4.78, 5) is 3.67. The molecule has 0 N–H and O–H groups in total. The summed E-state index contributed by atoms with van der Waals surface area (Å²) in [6.45, 7) is 4.92. The largest absolute Gasteiger partial charge is 0.493 e. The van der Waals surface area contributed by atoms with Gasteiger partial charge in [0.15, 0.2) is 0 Å². The first-order valence-electron chi connectivity index (χ1n) is 11.6. The lowest BCUT2D eigenvalue weighted by Gasteiger charge is -2.26. The van der Waals surface area contributed by atoms with Crippen LogP contribution in [-0.2, 0) is 6.54 Å². The first kappa shape index (κ1) is 24.3. The van der Waals surface area contributed by atoms with Crippen LogP contribution in [-0.4, -0.2) is 31.1 Å². The van der Waals surface area contributed by atoms with Crippen molar-refractivity contribution in [1.29, 1.82) is 0 Å². The zero-order valence-electron chi connectivity index (χ0n) is 18.8. The Morgan fingerprint density at radius 2 is 1.58 bits per heavy atom. The molecule has 3 aromatic carbocycles. The minimum atomic E-state index is 0.666. The van der Waals surface area contributed by atoms with Gasteiger partial charge in [-0.2, -0.15) is 0 Å². The van der Waals surface area contributed by atoms with Crippen LogP contribution in [0.4, 0.5) is 5.69 Å². The molecular formula is C27H30Cl2N2OS. The minimum Gasteiger partial charge on any atom is -0.493 e. The maximum Gasteiger partial charge on any atom is 0.124 e. The van der Waals surface area contributed by atoms with E-state index in [1.54, 1.807) is 11.9 Å². The third-order valence-electron chi connectivity index (χ3n) is 5.73. The predicted molar refractivity (Wildman–Crippen MR) is 142 cm³/mol. The van der Waals surface area contributed by atoms with Crippen LogP contribution >= 0.6 is 35.1 Å². The molecule has 1 aliphatic rings. The van der Waals surface area contributed by atoms with Crippen LogP contribution in [0.3, 0.4) is 0 Å². The van der Waals surface area contributed by atoms with Crippen LogP contribution in [0.25, 0.3) is 0 Å². The molecule has 1 saturated heterocycles. The smallest absolute Gasteiger partial charge is 0.124 e. The quantitative estimate of drug-likeness (QED) is 0.207. The molecule has 0 atom stereocenters. The van der Waals surface area contributed by atoms with Gasteiger partial charge in [0.2, 0.25) is 0 Å². The molecule has 4 rings (SSSR count). The Hall–Kier alpha value is -1.85. The van der Waals surface area contributed by atoms with Gasteiger partial charge >= 0.3 is 0 Å². The average Bonchev–Trinajstić information content (AvgIpc) is 2.85. The Labute approximate surface area is 211 Å². The van der Waals surface area contributed by atoms with Crippen molar-refractivity contribution >= 4 is 40.8 Å². The minimum absolute atomic E-state index is 0.666. The average molecular weight is 502 g/mol. The summed E-state index contributed by atoms with van der Waals surface area (Å²) in [5.74, 6) is 0.899. The first-order chi connectivity index (χ1) is 16.2. The van der Waals surface area contributed by atoms with E-state index in [9.17, 15) is 0 Å². The molecule has 3 aromatic rings. The highest BCUT2D eigenvalue weighted by Gasteiger charge is 2.15. The molecule has 33 heavy (non-hydrogen) atoms. The summed E-state index contributed by atoms with van der Waals surface area (Å²) in [6, 6.07) is 24.2. The number of ether oxygens (including phenoxy) is 1. The van der Waals surface area contributed by atoms with Crippen molar-refractivity contribution in [3.63, 3.8) is 0 Å². The van der Waals surface area contributed by atoms with Gasteiger partial charge in [0, 0.05) is 32.7 Å². The number of nitrogens with zero attached hydrogens (tertiary/aromatic N) is 2. The summed E-state index contributed by atoms with van der Waals surface area (Å²) < 4.78 is 8.51. The number of para-hydroxylation sites is 1. The van der Waals surface area contributed by atoms with Crippen molar-refractivity contribution in [3.8, 4) is 5.75 Å². The normalized spacial score (nSPS) is 14.2. The number of likely N-dealkylation sites (tertiary alicyclic amines) is 1. The van der Waals surface area contributed by atoms with E-state index < -0.39 is 0 Å². The number of hydrogen-bond donors (Lipinski definition) is 0. The van der Waals surface area contributed by atoms with Gasteiger partial charge in [-0.3, -0.25) is 0 Å². The Balaban J connectivity index is 1.45. The van der Waals surface area contributed by atoms with Crippen molar-refractivity contribution in [1.82, 2.24) is 4.90 Å². The molecule has 0 amide bonds. The predicted octanol–water partition coefficient (Wildman–Crippen LogP) is 7.96. The van der Waals surface area contributed by atoms with E-state index in [0.29, 0.717) is 13.2 Å². The number of hydrogen-bond acceptors (Lipinski definition) is 4. The Morgan fingerprint density at radius 1 is 0.848 bits per heavy atom. The number of halogens is 2. The van der Waals surface area contributed by atoms with Crippen LogP contribution in [0.1, 0.15) is 31.2 Å². The van der Waals surface area contributed by atoms with E-state index in [0.717, 1.165) is 44.9 Å². The Morgan fingerprint density at radius 3 is 2.33 bits per heavy atom. The molecule has 6 heteroatoms. The van der Waals surface area contributed by atoms with Gasteiger partial charge in [0.25, 0.3) is 0 Å². The summed E-state index contributed by atoms with van der Waals surface area (Å²) >= 11 is 14.1. The van der Waals surface area contributed by atoms with Crippen molar-refractivity contribution in [2.75, 3.05) is 30.5 Å². The van der Waals surface area contributed by atoms with Gasteiger partial charge in [-0.15, -0.1) is 0 Å². The summed E-state index contributed by atoms with van der Waals surface area (Å²) in [6.07, 6.45) is 5.04. The van der Waals surface area contributed by atoms with Gasteiger partial charge in [0.05, 0.1) is 13.2 Å². The lowest BCUT2D eigenvalue weighted by Crippen LogP contribution is -2.31. The monoisotopic (exact) mass is 500 g/mol. The summed E-state index contributed by atoms with van der Waals surface area (Å²) in [5.41, 5.74) is 2.19. The molecule has 1 aliphatic heterocycles. The number of benzene rings is 3. The van der Waals surface area contributed by atoms with E-state index in [1.807, 2.05) is 48.5 Å². The maximum absolute atomic E-state index is 6.38. The molecular weight excluding hydrogens is 471 g/mol. The topological polar surface area (TPSA) is 15.7 Å². The van der Waals surface area contributed by atoms with E-state index in [-0.39, 0.29) is 0 Å². The molecule has 1 fully saturated rings. The number of piperidine rings is 1. The zero-order chi connectivity index (χ0) is 22.9. The third-order valence-corrected chi connectivity index (χ3v) is 7.27. The molecule has 0 unspecified atom stereocenters. The standard InChI is InChI=1S/C27H30Cl2N2OS/c28-23-10-13-26(14-11-23)33-31(25-8-3-1-4-9-25)21-22-20-24(29)12-15-27(22)32-19-7-18-30-16-5-2-6-17-30/h1,3-4,8-15,20H,2,5-7,16-19,21H2. The first-order valence-corrected chi connectivity index (χ1v) is 13.1. The van der Waals surface area contributed by atoms with E-state index >= 15 is 0 Å². The van der Waals surface area contributed by atoms with Gasteiger partial charge in [0.1, 0.15) is 5.75 Å². The fraction of sp³-hybridized carbons (Fsp3) is 0.333. The molecule has 0 saturated carbocycles. The highest BCUT2D eigenvalue weighted by atomic mass is 35.5. The van der Waals surface area contributed by atoms with Crippen LogP contribution in [0.15, 0.2) is 77.7 Å². The Bertz CT molecular complexity index is 995. The third kappa shape index (κ3) is 7.58. The van der Waals surface area contributed by atoms with Gasteiger partial charge in [-0.25, -0.2) is 0 Å². The van der Waals surface area contributed by atoms with Gasteiger partial charge in [-0.05, 0) is 98.9 Å². The van der Waals surface area contributed by atoms with Crippen LogP contribution < -0.4 is 9.04 Å². The molecule has 0 radical (unpaired) electrons. The molecule has 0 spiro atoms. The molecule has 1 heterocycles. The van der Waals surface area contributed by atoms with Gasteiger partial charge < -0.3 is 13.9 Å². The lowest BCUT2D eigenvalue weighted by atomic mass is 10.1. The van der Waals surface area contributed by atoms with E-state index in [2.05, 4.69) is 33.5 Å². The maximum atomic E-state index is 6.38. The van der Waals surface area contributed by atoms with Crippen molar-refractivity contribution in [2.45, 2.75) is 37.1 Å². The van der Waals surface area contributed by atoms with Crippen molar-refractivity contribution in [2.24, 2.45) is 0 Å². The van der Waals surface area contributed by atoms with E-state index in [1.165, 1.54) is 32.4 Å². The van der Waals surface area contributed by atoms with Crippen LogP contribution in [0.5, 0.6) is 5.75 Å². The fourth-order valence-corrected chi connectivity index (χ4v) is 5.28. The SMILES string of the molecule is Clc1ccc(SN(Cc2cc(Cl)ccc2OCCCN2CCCCC2)c2ccccc2)cc1. The van der Waals surface area contributed by atoms with Crippen LogP contribution in [0, 0.1) is 0 Å². The summed E-state index contributed by atoms with van der Waals surface area (Å²) in [5, 5.41) is 1.45. The van der Waals surface area contributed by atoms with E-state index in [4.69, 9.17) is 27.9 Å². The van der Waals surface area contributed by atoms with Crippen LogP contribution in [0.2, 0.25) is 10.0 Å². The number of anilines is 1. The zero-order valence-corrected chi connectivity index (χ0v) is 21.1. The van der Waals surface area contributed by atoms with Crippen molar-refractivity contribution in [3.05, 3.63) is 88.4 Å². The molecule has 0 aromatic heterocycles. The molecule has 174 valence electrons. The van der Waals surface area contributed by atoms with Gasteiger partial charge in [-0.1, -0.05) is 47.8 Å². The molecule has 0 bridgehead atoms. The highest BCUT2D eigenvalue weighted by molar-refractivity contribution is 8.00. The second-order valence-electron chi connectivity index (χ2n) is 8.27. The second-order valence-corrected chi connectivity index (χ2v) is 10.2. The fourth-order valence-electron chi connectivity index (χ4n) is 4.01. The molecule has 3 nitrogen and oxygen atoms in total. The second kappa shape index (κ2) is 12.6. The molecule has 0 aliphatic carbocycles. The Kier molecular flexibility index (Phi) is 9.25. The summed E-state index contributed by atoms with van der Waals surface area (Å²) in [7, 11) is 0.